The molecule has 2 saturated heterocycles. The predicted molar refractivity (Wildman–Crippen MR) is 68.2 cm³/mol. The summed E-state index contributed by atoms with van der Waals surface area (Å²) in [6.07, 6.45) is 2.70. The molecular weight excluding hydrogens is 247 g/mol. The highest BCUT2D eigenvalue weighted by atomic mass is 19.1. The van der Waals surface area contributed by atoms with Crippen LogP contribution in [0.15, 0.2) is 24.3 Å². The summed E-state index contributed by atoms with van der Waals surface area (Å²) in [5.41, 5.74) is -0.0510. The minimum atomic E-state index is -0.633. The van der Waals surface area contributed by atoms with Gasteiger partial charge in [-0.05, 0) is 32.3 Å². The van der Waals surface area contributed by atoms with Crippen molar-refractivity contribution in [2.24, 2.45) is 0 Å². The first-order valence-corrected chi connectivity index (χ1v) is 6.88. The van der Waals surface area contributed by atoms with Crippen molar-refractivity contribution in [2.45, 2.75) is 44.2 Å². The smallest absolute Gasteiger partial charge is 0.158 e. The van der Waals surface area contributed by atoms with Crippen molar-refractivity contribution in [3.8, 4) is 0 Å². The molecule has 0 amide bonds. The van der Waals surface area contributed by atoms with Gasteiger partial charge < -0.3 is 14.2 Å². The average molecular weight is 266 g/mol. The lowest BCUT2D eigenvalue weighted by Crippen LogP contribution is -2.35. The van der Waals surface area contributed by atoms with Gasteiger partial charge >= 0.3 is 0 Å². The van der Waals surface area contributed by atoms with Crippen LogP contribution in [0.4, 0.5) is 4.39 Å². The molecule has 0 N–H and O–H groups in total. The van der Waals surface area contributed by atoms with Gasteiger partial charge in [-0.2, -0.15) is 0 Å². The average Bonchev–Trinajstić information content (AvgIpc) is 3.22. The first kappa shape index (κ1) is 13.0. The zero-order valence-electron chi connectivity index (χ0n) is 11.1. The van der Waals surface area contributed by atoms with Gasteiger partial charge in [-0.25, -0.2) is 4.39 Å². The van der Waals surface area contributed by atoms with Gasteiger partial charge in [0.05, 0.1) is 12.7 Å². The summed E-state index contributed by atoms with van der Waals surface area (Å²) in [7, 11) is 0. The van der Waals surface area contributed by atoms with Crippen LogP contribution in [0.3, 0.4) is 0 Å². The summed E-state index contributed by atoms with van der Waals surface area (Å²) in [5, 5.41) is 0. The largest absolute Gasteiger partial charge is 0.362 e. The van der Waals surface area contributed by atoms with E-state index < -0.39 is 5.60 Å². The second-order valence-electron chi connectivity index (χ2n) is 5.23. The Morgan fingerprint density at radius 2 is 2.16 bits per heavy atom. The lowest BCUT2D eigenvalue weighted by atomic mass is 9.94. The molecule has 2 fully saturated rings. The van der Waals surface area contributed by atoms with E-state index in [1.165, 1.54) is 6.07 Å². The van der Waals surface area contributed by atoms with Gasteiger partial charge in [0.15, 0.2) is 6.29 Å². The number of rotatable bonds is 4. The second-order valence-corrected chi connectivity index (χ2v) is 5.23. The van der Waals surface area contributed by atoms with Gasteiger partial charge in [0, 0.05) is 12.2 Å². The van der Waals surface area contributed by atoms with Crippen molar-refractivity contribution in [3.63, 3.8) is 0 Å². The summed E-state index contributed by atoms with van der Waals surface area (Å²) in [6, 6.07) is 6.74. The lowest BCUT2D eigenvalue weighted by Gasteiger charge is -2.29. The predicted octanol–water partition coefficient (Wildman–Crippen LogP) is 2.98. The van der Waals surface area contributed by atoms with Gasteiger partial charge in [0.25, 0.3) is 0 Å². The van der Waals surface area contributed by atoms with E-state index in [1.54, 1.807) is 12.1 Å². The monoisotopic (exact) mass is 266 g/mol. The van der Waals surface area contributed by atoms with E-state index in [0.29, 0.717) is 12.2 Å². The molecule has 2 aliphatic rings. The van der Waals surface area contributed by atoms with Crippen LogP contribution >= 0.6 is 0 Å². The minimum Gasteiger partial charge on any atom is -0.362 e. The van der Waals surface area contributed by atoms with Gasteiger partial charge in [0.1, 0.15) is 11.4 Å². The Labute approximate surface area is 112 Å². The second kappa shape index (κ2) is 5.19. The minimum absolute atomic E-state index is 0.184. The standard InChI is InChI=1S/C15H19FO3/c1-11(19-14-8-4-5-9-17-14)15(10-18-15)12-6-2-3-7-13(12)16/h2-3,6-7,11,14H,4-5,8-10H2,1H3/t11-,14?,15-/m0/s1. The molecule has 0 aliphatic carbocycles. The number of ether oxygens (including phenoxy) is 3. The number of epoxide rings is 1. The molecule has 3 rings (SSSR count). The Kier molecular flexibility index (Phi) is 3.56. The van der Waals surface area contributed by atoms with Crippen LogP contribution in [-0.2, 0) is 19.8 Å². The van der Waals surface area contributed by atoms with Crippen molar-refractivity contribution >= 4 is 0 Å². The zero-order valence-corrected chi connectivity index (χ0v) is 11.1. The van der Waals surface area contributed by atoms with Gasteiger partial charge in [0.2, 0.25) is 0 Å². The molecule has 2 aliphatic heterocycles. The molecular formula is C15H19FO3. The van der Waals surface area contributed by atoms with E-state index in [1.807, 2.05) is 13.0 Å². The van der Waals surface area contributed by atoms with E-state index in [-0.39, 0.29) is 18.2 Å². The van der Waals surface area contributed by atoms with Crippen LogP contribution in [0.25, 0.3) is 0 Å². The maximum absolute atomic E-state index is 13.9. The molecule has 1 aromatic rings. The van der Waals surface area contributed by atoms with Gasteiger partial charge in [-0.15, -0.1) is 0 Å². The Morgan fingerprint density at radius 1 is 1.37 bits per heavy atom. The van der Waals surface area contributed by atoms with Gasteiger partial charge in [-0.1, -0.05) is 18.2 Å². The molecule has 4 heteroatoms. The molecule has 1 unspecified atom stereocenters. The summed E-state index contributed by atoms with van der Waals surface area (Å²) in [6.45, 7) is 3.17. The van der Waals surface area contributed by atoms with Crippen molar-refractivity contribution < 1.29 is 18.6 Å². The maximum atomic E-state index is 13.9. The van der Waals surface area contributed by atoms with Crippen molar-refractivity contribution in [1.82, 2.24) is 0 Å². The molecule has 0 spiro atoms. The molecule has 0 aromatic heterocycles. The topological polar surface area (TPSA) is 31.0 Å². The highest BCUT2D eigenvalue weighted by molar-refractivity contribution is 5.30. The summed E-state index contributed by atoms with van der Waals surface area (Å²) in [4.78, 5) is 0. The third-order valence-electron chi connectivity index (χ3n) is 3.94. The molecule has 19 heavy (non-hydrogen) atoms. The van der Waals surface area contributed by atoms with E-state index >= 15 is 0 Å². The number of benzene rings is 1. The SMILES string of the molecule is C[C@H](OC1CCCCO1)[C@]1(c2ccccc2F)CO1. The number of hydrogen-bond donors (Lipinski definition) is 0. The van der Waals surface area contributed by atoms with Crippen molar-refractivity contribution in [2.75, 3.05) is 13.2 Å². The Morgan fingerprint density at radius 3 is 2.79 bits per heavy atom. The Bertz CT molecular complexity index is 439. The fourth-order valence-corrected chi connectivity index (χ4v) is 2.65. The molecule has 1 aromatic carbocycles. The highest BCUT2D eigenvalue weighted by Gasteiger charge is 2.54. The Balaban J connectivity index is 1.72. The summed E-state index contributed by atoms with van der Waals surface area (Å²) >= 11 is 0. The van der Waals surface area contributed by atoms with E-state index in [9.17, 15) is 4.39 Å². The first-order valence-electron chi connectivity index (χ1n) is 6.88. The molecule has 0 saturated carbocycles. The zero-order chi connectivity index (χ0) is 13.3. The highest BCUT2D eigenvalue weighted by Crippen LogP contribution is 2.44. The normalized spacial score (nSPS) is 32.0. The van der Waals surface area contributed by atoms with Crippen LogP contribution < -0.4 is 0 Å². The van der Waals surface area contributed by atoms with Crippen LogP contribution in [0.2, 0.25) is 0 Å². The first-order chi connectivity index (χ1) is 9.22. The van der Waals surface area contributed by atoms with Crippen LogP contribution in [0, 0.1) is 5.82 Å². The molecule has 3 nitrogen and oxygen atoms in total. The number of hydrogen-bond acceptors (Lipinski definition) is 3. The quantitative estimate of drug-likeness (QED) is 0.785. The molecule has 2 heterocycles. The molecule has 3 atom stereocenters. The van der Waals surface area contributed by atoms with E-state index in [2.05, 4.69) is 0 Å². The van der Waals surface area contributed by atoms with Crippen LogP contribution in [-0.4, -0.2) is 25.6 Å². The van der Waals surface area contributed by atoms with E-state index in [4.69, 9.17) is 14.2 Å². The van der Waals surface area contributed by atoms with E-state index in [0.717, 1.165) is 25.9 Å². The van der Waals surface area contributed by atoms with Gasteiger partial charge in [-0.3, -0.25) is 0 Å². The molecule has 104 valence electrons. The molecule has 0 radical (unpaired) electrons. The third kappa shape index (κ3) is 2.53. The fourth-order valence-electron chi connectivity index (χ4n) is 2.65. The third-order valence-corrected chi connectivity index (χ3v) is 3.94. The summed E-state index contributed by atoms with van der Waals surface area (Å²) in [5.74, 6) is -0.236. The molecule has 0 bridgehead atoms. The fraction of sp³-hybridized carbons (Fsp3) is 0.600. The van der Waals surface area contributed by atoms with Crippen LogP contribution in [0.1, 0.15) is 31.7 Å². The van der Waals surface area contributed by atoms with Crippen molar-refractivity contribution in [1.29, 1.82) is 0 Å². The van der Waals surface area contributed by atoms with Crippen LogP contribution in [0.5, 0.6) is 0 Å². The maximum Gasteiger partial charge on any atom is 0.158 e. The summed E-state index contributed by atoms with van der Waals surface area (Å²) < 4.78 is 30.9. The Hall–Kier alpha value is -0.970. The lowest BCUT2D eigenvalue weighted by molar-refractivity contribution is -0.197. The number of halogens is 1. The van der Waals surface area contributed by atoms with Crippen molar-refractivity contribution in [3.05, 3.63) is 35.6 Å².